The molecule has 3 rings (SSSR count). The summed E-state index contributed by atoms with van der Waals surface area (Å²) in [6, 6.07) is 14.6. The number of thiazole rings is 1. The molecule has 33 heavy (non-hydrogen) atoms. The predicted molar refractivity (Wildman–Crippen MR) is 129 cm³/mol. The van der Waals surface area contributed by atoms with Crippen LogP contribution in [0.1, 0.15) is 26.3 Å². The molecule has 0 aliphatic carbocycles. The van der Waals surface area contributed by atoms with E-state index < -0.39 is 22.0 Å². The van der Waals surface area contributed by atoms with Crippen LogP contribution in [0.2, 0.25) is 0 Å². The molecule has 174 valence electrons. The van der Waals surface area contributed by atoms with Gasteiger partial charge in [0, 0.05) is 24.4 Å². The van der Waals surface area contributed by atoms with Crippen LogP contribution in [0, 0.1) is 5.92 Å². The largest absolute Gasteiger partial charge is 0.352 e. The maximum Gasteiger partial charge on any atom is 0.244 e. The highest BCUT2D eigenvalue weighted by Crippen LogP contribution is 2.25. The fraction of sp³-hybridized carbons (Fsp3) is 0.261. The Labute approximate surface area is 197 Å². The van der Waals surface area contributed by atoms with Gasteiger partial charge in [-0.1, -0.05) is 56.3 Å². The first-order valence-corrected chi connectivity index (χ1v) is 12.7. The molecule has 1 aromatic heterocycles. The highest BCUT2D eigenvalue weighted by molar-refractivity contribution is 7.89. The molecule has 1 heterocycles. The molecule has 3 N–H and O–H groups in total. The minimum atomic E-state index is -3.85. The second-order valence-electron chi connectivity index (χ2n) is 7.79. The first-order chi connectivity index (χ1) is 15.7. The molecule has 0 spiro atoms. The van der Waals surface area contributed by atoms with Gasteiger partial charge >= 0.3 is 0 Å². The van der Waals surface area contributed by atoms with E-state index in [0.29, 0.717) is 17.4 Å². The number of sulfonamides is 1. The minimum Gasteiger partial charge on any atom is -0.352 e. The molecule has 0 radical (unpaired) electrons. The normalized spacial score (nSPS) is 12.4. The van der Waals surface area contributed by atoms with Gasteiger partial charge in [-0.25, -0.2) is 13.4 Å². The molecule has 3 aromatic rings. The number of rotatable bonds is 9. The second kappa shape index (κ2) is 10.7. The van der Waals surface area contributed by atoms with Crippen LogP contribution in [-0.2, 0) is 26.2 Å². The maximum atomic E-state index is 12.9. The molecule has 0 aliphatic heterocycles. The number of carbonyl (C=O) groups is 2. The molecule has 8 nitrogen and oxygen atoms in total. The molecule has 0 unspecified atom stereocenters. The van der Waals surface area contributed by atoms with Crippen molar-refractivity contribution in [3.05, 3.63) is 65.5 Å². The van der Waals surface area contributed by atoms with Gasteiger partial charge in [0.05, 0.1) is 10.6 Å². The Morgan fingerprint density at radius 3 is 2.30 bits per heavy atom. The monoisotopic (exact) mass is 486 g/mol. The lowest BCUT2D eigenvalue weighted by Crippen LogP contribution is -2.47. The number of aromatic nitrogens is 1. The number of anilines is 1. The Kier molecular flexibility index (Phi) is 7.96. The summed E-state index contributed by atoms with van der Waals surface area (Å²) >= 11 is 1.26. The Bertz CT molecular complexity index is 1210. The first-order valence-electron chi connectivity index (χ1n) is 10.3. The molecule has 0 bridgehead atoms. The van der Waals surface area contributed by atoms with E-state index in [1.807, 2.05) is 29.6 Å². The molecule has 2 amide bonds. The topological polar surface area (TPSA) is 117 Å². The van der Waals surface area contributed by atoms with Crippen molar-refractivity contribution in [1.82, 2.24) is 15.0 Å². The van der Waals surface area contributed by atoms with Crippen LogP contribution in [0.4, 0.5) is 5.13 Å². The van der Waals surface area contributed by atoms with E-state index in [-0.39, 0.29) is 16.7 Å². The summed E-state index contributed by atoms with van der Waals surface area (Å²) in [5.74, 6) is -0.847. The molecule has 0 saturated heterocycles. The summed E-state index contributed by atoms with van der Waals surface area (Å²) in [7, 11) is -3.85. The van der Waals surface area contributed by atoms with Crippen LogP contribution in [0.15, 0.2) is 64.9 Å². The van der Waals surface area contributed by atoms with E-state index in [1.165, 1.54) is 30.4 Å². The number of nitrogens with zero attached hydrogens (tertiary/aromatic N) is 1. The van der Waals surface area contributed by atoms with Crippen molar-refractivity contribution in [2.24, 2.45) is 5.92 Å². The molecule has 0 fully saturated rings. The van der Waals surface area contributed by atoms with Crippen molar-refractivity contribution in [2.45, 2.75) is 38.3 Å². The van der Waals surface area contributed by atoms with Crippen molar-refractivity contribution in [2.75, 3.05) is 5.32 Å². The Hall–Kier alpha value is -3.08. The third kappa shape index (κ3) is 6.70. The Morgan fingerprint density at radius 2 is 1.70 bits per heavy atom. The molecule has 0 saturated carbocycles. The van der Waals surface area contributed by atoms with Crippen LogP contribution >= 0.6 is 11.3 Å². The molecule has 2 aromatic carbocycles. The molecular formula is C23H26N4O4S2. The van der Waals surface area contributed by atoms with E-state index in [2.05, 4.69) is 20.3 Å². The number of benzene rings is 2. The molecular weight excluding hydrogens is 460 g/mol. The van der Waals surface area contributed by atoms with Crippen LogP contribution in [0.3, 0.4) is 0 Å². The van der Waals surface area contributed by atoms with Crippen LogP contribution in [-0.4, -0.2) is 31.3 Å². The minimum absolute atomic E-state index is 0.0929. The Morgan fingerprint density at radius 1 is 1.03 bits per heavy atom. The molecule has 0 aliphatic rings. The first kappa shape index (κ1) is 24.6. The van der Waals surface area contributed by atoms with Gasteiger partial charge in [0.2, 0.25) is 21.8 Å². The van der Waals surface area contributed by atoms with E-state index in [9.17, 15) is 18.0 Å². The van der Waals surface area contributed by atoms with E-state index in [0.717, 1.165) is 11.1 Å². The molecule has 1 atom stereocenters. The zero-order valence-electron chi connectivity index (χ0n) is 18.5. The fourth-order valence-electron chi connectivity index (χ4n) is 2.99. The standard InChI is InChI=1S/C23H26N4O4S2/c1-15(2)21(27-33(30,31)19-7-5-4-6-8-19)22(29)26-23-25-20(14-32-23)18-11-9-17(10-12-18)13-24-16(3)28/h4-12,14-15,21,27H,13H2,1-3H3,(H,24,28)(H,25,26,29)/t21-/m1/s1. The average Bonchev–Trinajstić information content (AvgIpc) is 3.25. The number of carbonyl (C=O) groups excluding carboxylic acids is 2. The molecule has 10 heteroatoms. The number of nitrogens with one attached hydrogen (secondary N) is 3. The van der Waals surface area contributed by atoms with Crippen molar-refractivity contribution < 1.29 is 18.0 Å². The van der Waals surface area contributed by atoms with Gasteiger partial charge in [-0.3, -0.25) is 9.59 Å². The summed E-state index contributed by atoms with van der Waals surface area (Å²) in [5.41, 5.74) is 2.51. The van der Waals surface area contributed by atoms with Gasteiger partial charge in [0.15, 0.2) is 5.13 Å². The van der Waals surface area contributed by atoms with Crippen molar-refractivity contribution in [1.29, 1.82) is 0 Å². The van der Waals surface area contributed by atoms with E-state index >= 15 is 0 Å². The highest BCUT2D eigenvalue weighted by Gasteiger charge is 2.29. The summed E-state index contributed by atoms with van der Waals surface area (Å²) in [4.78, 5) is 28.5. The van der Waals surface area contributed by atoms with Crippen molar-refractivity contribution >= 4 is 38.3 Å². The number of hydrogen-bond donors (Lipinski definition) is 3. The summed E-state index contributed by atoms with van der Waals surface area (Å²) in [6.45, 7) is 5.46. The van der Waals surface area contributed by atoms with Gasteiger partial charge in [-0.05, 0) is 23.6 Å². The number of hydrogen-bond acceptors (Lipinski definition) is 6. The van der Waals surface area contributed by atoms with E-state index in [1.54, 1.807) is 32.0 Å². The van der Waals surface area contributed by atoms with Crippen LogP contribution in [0.25, 0.3) is 11.3 Å². The smallest absolute Gasteiger partial charge is 0.244 e. The third-order valence-electron chi connectivity index (χ3n) is 4.81. The lowest BCUT2D eigenvalue weighted by Gasteiger charge is -2.21. The van der Waals surface area contributed by atoms with E-state index in [4.69, 9.17) is 0 Å². The van der Waals surface area contributed by atoms with Gasteiger partial charge in [0.1, 0.15) is 6.04 Å². The average molecular weight is 487 g/mol. The maximum absolute atomic E-state index is 12.9. The van der Waals surface area contributed by atoms with Crippen LogP contribution < -0.4 is 15.4 Å². The third-order valence-corrected chi connectivity index (χ3v) is 7.02. The fourth-order valence-corrected chi connectivity index (χ4v) is 5.08. The summed E-state index contributed by atoms with van der Waals surface area (Å²) < 4.78 is 27.9. The van der Waals surface area contributed by atoms with Crippen LogP contribution in [0.5, 0.6) is 0 Å². The lowest BCUT2D eigenvalue weighted by molar-refractivity contribution is -0.119. The van der Waals surface area contributed by atoms with Gasteiger partial charge in [-0.2, -0.15) is 4.72 Å². The zero-order valence-corrected chi connectivity index (χ0v) is 20.2. The van der Waals surface area contributed by atoms with Crippen molar-refractivity contribution in [3.63, 3.8) is 0 Å². The quantitative estimate of drug-likeness (QED) is 0.429. The Balaban J connectivity index is 1.68. The SMILES string of the molecule is CC(=O)NCc1ccc(-c2csc(NC(=O)[C@H](NS(=O)(=O)c3ccccc3)C(C)C)n2)cc1. The zero-order chi connectivity index (χ0) is 24.0. The van der Waals surface area contributed by atoms with Gasteiger partial charge in [0.25, 0.3) is 0 Å². The summed E-state index contributed by atoms with van der Waals surface area (Å²) in [5, 5.41) is 7.66. The summed E-state index contributed by atoms with van der Waals surface area (Å²) in [6.07, 6.45) is 0. The lowest BCUT2D eigenvalue weighted by atomic mass is 10.1. The highest BCUT2D eigenvalue weighted by atomic mass is 32.2. The number of amides is 2. The van der Waals surface area contributed by atoms with Crippen molar-refractivity contribution in [3.8, 4) is 11.3 Å². The predicted octanol–water partition coefficient (Wildman–Crippen LogP) is 3.39. The van der Waals surface area contributed by atoms with Gasteiger partial charge < -0.3 is 10.6 Å². The second-order valence-corrected chi connectivity index (χ2v) is 10.4. The van der Waals surface area contributed by atoms with Gasteiger partial charge in [-0.15, -0.1) is 11.3 Å².